The molecule has 2 aromatic carbocycles. The third kappa shape index (κ3) is 3.44. The summed E-state index contributed by atoms with van der Waals surface area (Å²) in [4.78, 5) is 16.4. The van der Waals surface area contributed by atoms with E-state index >= 15 is 0 Å². The van der Waals surface area contributed by atoms with E-state index in [1.165, 1.54) is 6.33 Å². The van der Waals surface area contributed by atoms with Crippen molar-refractivity contribution in [2.45, 2.75) is 24.9 Å². The van der Waals surface area contributed by atoms with Crippen LogP contribution in [0, 0.1) is 0 Å². The summed E-state index contributed by atoms with van der Waals surface area (Å²) in [6.07, 6.45) is 4.12. The largest absolute Gasteiger partial charge is 0.496 e. The van der Waals surface area contributed by atoms with Crippen LogP contribution in [0.1, 0.15) is 33.8 Å². The number of nitrogens with zero attached hydrogens (tertiary/aromatic N) is 3. The molecule has 1 amide bonds. The molecule has 6 nitrogen and oxygen atoms in total. The summed E-state index contributed by atoms with van der Waals surface area (Å²) < 4.78 is 7.16. The van der Waals surface area contributed by atoms with Gasteiger partial charge in [-0.05, 0) is 35.7 Å². The second-order valence-electron chi connectivity index (χ2n) is 6.45. The zero-order valence-electron chi connectivity index (χ0n) is 14.5. The van der Waals surface area contributed by atoms with Crippen molar-refractivity contribution < 1.29 is 9.53 Å². The molecule has 3 aromatic rings. The van der Waals surface area contributed by atoms with E-state index in [-0.39, 0.29) is 11.9 Å². The molecule has 1 aliphatic rings. The lowest BCUT2D eigenvalue weighted by Crippen LogP contribution is -2.26. The molecule has 2 atom stereocenters. The number of benzene rings is 2. The van der Waals surface area contributed by atoms with Crippen LogP contribution >= 0.6 is 0 Å². The van der Waals surface area contributed by atoms with E-state index < -0.39 is 0 Å². The number of hydrogen-bond acceptors (Lipinski definition) is 4. The maximum Gasteiger partial charge on any atom is 0.251 e. The molecule has 26 heavy (non-hydrogen) atoms. The van der Waals surface area contributed by atoms with Crippen molar-refractivity contribution in [1.82, 2.24) is 20.1 Å². The molecule has 4 rings (SSSR count). The van der Waals surface area contributed by atoms with Crippen LogP contribution in [0.25, 0.3) is 0 Å². The maximum atomic E-state index is 12.5. The summed E-state index contributed by atoms with van der Waals surface area (Å²) in [6.45, 7) is 0.639. The van der Waals surface area contributed by atoms with Gasteiger partial charge >= 0.3 is 0 Å². The lowest BCUT2D eigenvalue weighted by molar-refractivity contribution is 0.0950. The molecule has 1 aliphatic carbocycles. The molecule has 6 heteroatoms. The van der Waals surface area contributed by atoms with Gasteiger partial charge in [0, 0.05) is 17.5 Å². The highest BCUT2D eigenvalue weighted by Crippen LogP contribution is 2.44. The predicted octanol–water partition coefficient (Wildman–Crippen LogP) is 2.62. The number of methoxy groups -OCH3 is 1. The molecule has 1 saturated carbocycles. The topological polar surface area (TPSA) is 69.0 Å². The molecular formula is C20H20N4O2. The number of para-hydroxylation sites is 1. The van der Waals surface area contributed by atoms with Crippen molar-refractivity contribution in [2.75, 3.05) is 7.11 Å². The first-order chi connectivity index (χ1) is 12.7. The third-order valence-electron chi connectivity index (χ3n) is 4.67. The molecule has 1 heterocycles. The Kier molecular flexibility index (Phi) is 4.39. The highest BCUT2D eigenvalue weighted by atomic mass is 16.5. The Labute approximate surface area is 151 Å². The van der Waals surface area contributed by atoms with Crippen molar-refractivity contribution in [2.24, 2.45) is 0 Å². The van der Waals surface area contributed by atoms with Crippen LogP contribution in [0.2, 0.25) is 0 Å². The summed E-state index contributed by atoms with van der Waals surface area (Å²) in [7, 11) is 1.68. The minimum atomic E-state index is -0.0419. The summed E-state index contributed by atoms with van der Waals surface area (Å²) in [5, 5.41) is 7.20. The van der Waals surface area contributed by atoms with Gasteiger partial charge in [-0.15, -0.1) is 0 Å². The molecule has 0 radical (unpaired) electrons. The number of carbonyl (C=O) groups is 1. The van der Waals surface area contributed by atoms with Gasteiger partial charge in [-0.25, -0.2) is 9.67 Å². The van der Waals surface area contributed by atoms with Gasteiger partial charge in [0.1, 0.15) is 18.4 Å². The van der Waals surface area contributed by atoms with Crippen LogP contribution in [-0.2, 0) is 6.54 Å². The second kappa shape index (κ2) is 7.00. The fourth-order valence-corrected chi connectivity index (χ4v) is 3.19. The number of amides is 1. The highest BCUT2D eigenvalue weighted by molar-refractivity contribution is 5.94. The van der Waals surface area contributed by atoms with Gasteiger partial charge in [-0.2, -0.15) is 5.10 Å². The molecule has 0 bridgehead atoms. The van der Waals surface area contributed by atoms with E-state index in [9.17, 15) is 4.79 Å². The Morgan fingerprint density at radius 3 is 2.77 bits per heavy atom. The predicted molar refractivity (Wildman–Crippen MR) is 97.2 cm³/mol. The Balaban J connectivity index is 1.37. The van der Waals surface area contributed by atoms with E-state index in [0.717, 1.165) is 23.3 Å². The molecule has 0 saturated heterocycles. The maximum absolute atomic E-state index is 12.5. The fraction of sp³-hybridized carbons (Fsp3) is 0.250. The van der Waals surface area contributed by atoms with Crippen LogP contribution < -0.4 is 10.1 Å². The van der Waals surface area contributed by atoms with Crippen LogP contribution in [0.15, 0.2) is 61.2 Å². The highest BCUT2D eigenvalue weighted by Gasteiger charge is 2.41. The standard InChI is InChI=1S/C20H20N4O2/c1-26-19-5-3-2-4-16(19)17-10-18(17)23-20(25)15-8-6-14(7-9-15)11-24-13-21-12-22-24/h2-9,12-13,17-18H,10-11H2,1H3,(H,23,25)/t17-,18-/m0/s1. The SMILES string of the molecule is COc1ccccc1[C@@H]1C[C@@H]1NC(=O)c1ccc(Cn2cncn2)cc1. The van der Waals surface area contributed by atoms with Crippen molar-refractivity contribution >= 4 is 5.91 Å². The molecule has 1 N–H and O–H groups in total. The molecule has 1 fully saturated rings. The zero-order chi connectivity index (χ0) is 17.9. The van der Waals surface area contributed by atoms with Crippen molar-refractivity contribution in [1.29, 1.82) is 0 Å². The van der Waals surface area contributed by atoms with Gasteiger partial charge in [-0.3, -0.25) is 4.79 Å². The zero-order valence-corrected chi connectivity index (χ0v) is 14.5. The van der Waals surface area contributed by atoms with Crippen molar-refractivity contribution in [3.05, 3.63) is 77.9 Å². The summed E-state index contributed by atoms with van der Waals surface area (Å²) in [6, 6.07) is 15.7. The number of nitrogens with one attached hydrogen (secondary N) is 1. The molecule has 0 spiro atoms. The van der Waals surface area contributed by atoms with Gasteiger partial charge in [0.25, 0.3) is 5.91 Å². The molecular weight excluding hydrogens is 328 g/mol. The van der Waals surface area contributed by atoms with E-state index in [0.29, 0.717) is 18.0 Å². The number of ether oxygens (including phenoxy) is 1. The van der Waals surface area contributed by atoms with Crippen LogP contribution in [0.5, 0.6) is 5.75 Å². The van der Waals surface area contributed by atoms with E-state index in [2.05, 4.69) is 21.5 Å². The lowest BCUT2D eigenvalue weighted by Gasteiger charge is -2.09. The summed E-state index contributed by atoms with van der Waals surface area (Å²) in [5.74, 6) is 1.16. The third-order valence-corrected chi connectivity index (χ3v) is 4.67. The first-order valence-electron chi connectivity index (χ1n) is 8.59. The van der Waals surface area contributed by atoms with Gasteiger partial charge in [0.2, 0.25) is 0 Å². The fourth-order valence-electron chi connectivity index (χ4n) is 3.19. The molecule has 1 aromatic heterocycles. The smallest absolute Gasteiger partial charge is 0.251 e. The summed E-state index contributed by atoms with van der Waals surface area (Å²) in [5.41, 5.74) is 2.90. The van der Waals surface area contributed by atoms with Crippen LogP contribution in [-0.4, -0.2) is 33.8 Å². The molecule has 132 valence electrons. The molecule has 0 unspecified atom stereocenters. The average Bonchev–Trinajstić information content (AvgIpc) is 3.24. The quantitative estimate of drug-likeness (QED) is 0.743. The minimum Gasteiger partial charge on any atom is -0.496 e. The average molecular weight is 348 g/mol. The Hall–Kier alpha value is -3.15. The Morgan fingerprint density at radius 2 is 2.04 bits per heavy atom. The Bertz CT molecular complexity index is 890. The number of carbonyl (C=O) groups excluding carboxylic acids is 1. The van der Waals surface area contributed by atoms with Crippen molar-refractivity contribution in [3.63, 3.8) is 0 Å². The van der Waals surface area contributed by atoms with Gasteiger partial charge in [-0.1, -0.05) is 30.3 Å². The van der Waals surface area contributed by atoms with Crippen LogP contribution in [0.3, 0.4) is 0 Å². The number of hydrogen-bond donors (Lipinski definition) is 1. The normalized spacial score (nSPS) is 18.3. The Morgan fingerprint density at radius 1 is 1.23 bits per heavy atom. The first-order valence-corrected chi connectivity index (χ1v) is 8.59. The van der Waals surface area contributed by atoms with Crippen LogP contribution in [0.4, 0.5) is 0 Å². The van der Waals surface area contributed by atoms with Gasteiger partial charge in [0.15, 0.2) is 0 Å². The summed E-state index contributed by atoms with van der Waals surface area (Å²) >= 11 is 0. The number of rotatable bonds is 6. The first kappa shape index (κ1) is 16.3. The monoisotopic (exact) mass is 348 g/mol. The van der Waals surface area contributed by atoms with Crippen molar-refractivity contribution in [3.8, 4) is 5.75 Å². The lowest BCUT2D eigenvalue weighted by atomic mass is 10.1. The number of aromatic nitrogens is 3. The van der Waals surface area contributed by atoms with Gasteiger partial charge < -0.3 is 10.1 Å². The molecule has 0 aliphatic heterocycles. The minimum absolute atomic E-state index is 0.0419. The van der Waals surface area contributed by atoms with E-state index in [1.807, 2.05) is 42.5 Å². The van der Waals surface area contributed by atoms with Gasteiger partial charge in [0.05, 0.1) is 13.7 Å². The second-order valence-corrected chi connectivity index (χ2v) is 6.45. The van der Waals surface area contributed by atoms with E-state index in [4.69, 9.17) is 4.74 Å². The van der Waals surface area contributed by atoms with E-state index in [1.54, 1.807) is 18.1 Å².